The number of hydrogen-bond donors (Lipinski definition) is 2. The SMILES string of the molecule is CCNC(=NCCOCC1CC1)NCCc1cccc(F)c1. The molecule has 1 aliphatic carbocycles. The third kappa shape index (κ3) is 6.89. The number of nitrogens with zero attached hydrogens (tertiary/aromatic N) is 1. The minimum Gasteiger partial charge on any atom is -0.379 e. The van der Waals surface area contributed by atoms with E-state index in [4.69, 9.17) is 4.74 Å². The summed E-state index contributed by atoms with van der Waals surface area (Å²) in [5, 5.41) is 6.46. The Morgan fingerprint density at radius 1 is 1.36 bits per heavy atom. The Kier molecular flexibility index (Phi) is 7.16. The number of hydrogen-bond acceptors (Lipinski definition) is 2. The van der Waals surface area contributed by atoms with Gasteiger partial charge in [0, 0.05) is 19.7 Å². The predicted octanol–water partition coefficient (Wildman–Crippen LogP) is 2.35. The average Bonchev–Trinajstić information content (AvgIpc) is 3.31. The molecular weight excluding hydrogens is 281 g/mol. The van der Waals surface area contributed by atoms with E-state index in [1.54, 1.807) is 12.1 Å². The van der Waals surface area contributed by atoms with Crippen LogP contribution in [0.25, 0.3) is 0 Å². The van der Waals surface area contributed by atoms with E-state index in [9.17, 15) is 4.39 Å². The van der Waals surface area contributed by atoms with E-state index in [1.165, 1.54) is 18.9 Å². The fourth-order valence-electron chi connectivity index (χ4n) is 2.12. The highest BCUT2D eigenvalue weighted by molar-refractivity contribution is 5.79. The van der Waals surface area contributed by atoms with Crippen LogP contribution < -0.4 is 10.6 Å². The molecule has 2 rings (SSSR count). The van der Waals surface area contributed by atoms with E-state index in [0.717, 1.165) is 43.6 Å². The van der Waals surface area contributed by atoms with Gasteiger partial charge in [0.05, 0.1) is 13.2 Å². The summed E-state index contributed by atoms with van der Waals surface area (Å²) in [6.45, 7) is 5.76. The Morgan fingerprint density at radius 2 is 2.23 bits per heavy atom. The summed E-state index contributed by atoms with van der Waals surface area (Å²) in [6.07, 6.45) is 3.39. The van der Waals surface area contributed by atoms with Crippen LogP contribution in [-0.4, -0.2) is 38.8 Å². The molecule has 0 spiro atoms. The van der Waals surface area contributed by atoms with Crippen LogP contribution in [0, 0.1) is 11.7 Å². The first-order valence-electron chi connectivity index (χ1n) is 8.12. The van der Waals surface area contributed by atoms with Crippen molar-refractivity contribution >= 4 is 5.96 Å². The molecule has 1 fully saturated rings. The van der Waals surface area contributed by atoms with Gasteiger partial charge >= 0.3 is 0 Å². The van der Waals surface area contributed by atoms with E-state index in [1.807, 2.05) is 13.0 Å². The van der Waals surface area contributed by atoms with Crippen molar-refractivity contribution in [3.05, 3.63) is 35.6 Å². The van der Waals surface area contributed by atoms with Crippen molar-refractivity contribution in [1.82, 2.24) is 10.6 Å². The van der Waals surface area contributed by atoms with Crippen molar-refractivity contribution in [2.75, 3.05) is 32.8 Å². The zero-order valence-electron chi connectivity index (χ0n) is 13.3. The molecule has 0 aromatic heterocycles. The van der Waals surface area contributed by atoms with Gasteiger partial charge in [0.25, 0.3) is 0 Å². The minimum absolute atomic E-state index is 0.189. The standard InChI is InChI=1S/C17H26FN3O/c1-2-19-17(21-10-11-22-13-15-6-7-15)20-9-8-14-4-3-5-16(18)12-14/h3-5,12,15H,2,6-11,13H2,1H3,(H2,19,20,21). The van der Waals surface area contributed by atoms with Gasteiger partial charge in [-0.1, -0.05) is 12.1 Å². The van der Waals surface area contributed by atoms with Crippen molar-refractivity contribution in [2.45, 2.75) is 26.2 Å². The van der Waals surface area contributed by atoms with Crippen molar-refractivity contribution < 1.29 is 9.13 Å². The summed E-state index contributed by atoms with van der Waals surface area (Å²) in [5.41, 5.74) is 0.983. The Hall–Kier alpha value is -1.62. The highest BCUT2D eigenvalue weighted by Gasteiger charge is 2.20. The first kappa shape index (κ1) is 16.7. The van der Waals surface area contributed by atoms with Gasteiger partial charge in [-0.05, 0) is 49.8 Å². The maximum atomic E-state index is 13.1. The topological polar surface area (TPSA) is 45.7 Å². The fraction of sp³-hybridized carbons (Fsp3) is 0.588. The van der Waals surface area contributed by atoms with Crippen molar-refractivity contribution in [3.63, 3.8) is 0 Å². The molecule has 0 unspecified atom stereocenters. The van der Waals surface area contributed by atoms with Crippen LogP contribution in [0.2, 0.25) is 0 Å². The zero-order chi connectivity index (χ0) is 15.6. The van der Waals surface area contributed by atoms with Crippen molar-refractivity contribution in [2.24, 2.45) is 10.9 Å². The zero-order valence-corrected chi connectivity index (χ0v) is 13.3. The molecule has 0 bridgehead atoms. The van der Waals surface area contributed by atoms with Crippen LogP contribution in [-0.2, 0) is 11.2 Å². The molecule has 1 aromatic carbocycles. The van der Waals surface area contributed by atoms with Gasteiger partial charge in [-0.15, -0.1) is 0 Å². The monoisotopic (exact) mass is 307 g/mol. The molecule has 1 aliphatic rings. The number of benzene rings is 1. The quantitative estimate of drug-likeness (QED) is 0.418. The number of aliphatic imine (C=N–C) groups is 1. The summed E-state index contributed by atoms with van der Waals surface area (Å²) in [6, 6.07) is 6.70. The first-order chi connectivity index (χ1) is 10.8. The molecule has 0 heterocycles. The lowest BCUT2D eigenvalue weighted by Crippen LogP contribution is -2.38. The van der Waals surface area contributed by atoms with E-state index < -0.39 is 0 Å². The fourth-order valence-corrected chi connectivity index (χ4v) is 2.12. The molecule has 0 amide bonds. The Morgan fingerprint density at radius 3 is 2.95 bits per heavy atom. The van der Waals surface area contributed by atoms with Crippen molar-refractivity contribution in [1.29, 1.82) is 0 Å². The third-order valence-corrected chi connectivity index (χ3v) is 3.50. The lowest BCUT2D eigenvalue weighted by Gasteiger charge is -2.11. The summed E-state index contributed by atoms with van der Waals surface area (Å²) in [7, 11) is 0. The van der Waals surface area contributed by atoms with Gasteiger partial charge in [-0.2, -0.15) is 0 Å². The van der Waals surface area contributed by atoms with E-state index in [-0.39, 0.29) is 5.82 Å². The number of nitrogens with one attached hydrogen (secondary N) is 2. The van der Waals surface area contributed by atoms with Crippen LogP contribution in [0.15, 0.2) is 29.3 Å². The Labute approximate surface area is 132 Å². The molecule has 2 N–H and O–H groups in total. The van der Waals surface area contributed by atoms with Gasteiger partial charge in [0.15, 0.2) is 5.96 Å². The molecular formula is C17H26FN3O. The van der Waals surface area contributed by atoms with Crippen LogP contribution in [0.5, 0.6) is 0 Å². The van der Waals surface area contributed by atoms with Crippen molar-refractivity contribution in [3.8, 4) is 0 Å². The molecule has 5 heteroatoms. The van der Waals surface area contributed by atoms with Gasteiger partial charge in [-0.3, -0.25) is 4.99 Å². The molecule has 0 aliphatic heterocycles. The Balaban J connectivity index is 1.65. The maximum absolute atomic E-state index is 13.1. The van der Waals surface area contributed by atoms with Crippen LogP contribution >= 0.6 is 0 Å². The second kappa shape index (κ2) is 9.41. The third-order valence-electron chi connectivity index (χ3n) is 3.50. The Bertz CT molecular complexity index is 475. The number of rotatable bonds is 9. The second-order valence-electron chi connectivity index (χ2n) is 5.59. The molecule has 1 saturated carbocycles. The van der Waals surface area contributed by atoms with Gasteiger partial charge < -0.3 is 15.4 Å². The minimum atomic E-state index is -0.189. The van der Waals surface area contributed by atoms with E-state index >= 15 is 0 Å². The maximum Gasteiger partial charge on any atom is 0.191 e. The second-order valence-corrected chi connectivity index (χ2v) is 5.59. The largest absolute Gasteiger partial charge is 0.379 e. The summed E-state index contributed by atoms with van der Waals surface area (Å²) in [4.78, 5) is 4.47. The molecule has 22 heavy (non-hydrogen) atoms. The molecule has 0 saturated heterocycles. The first-order valence-corrected chi connectivity index (χ1v) is 8.12. The molecule has 4 nitrogen and oxygen atoms in total. The highest BCUT2D eigenvalue weighted by Crippen LogP contribution is 2.28. The van der Waals surface area contributed by atoms with Crippen LogP contribution in [0.1, 0.15) is 25.3 Å². The van der Waals surface area contributed by atoms with Crippen LogP contribution in [0.4, 0.5) is 4.39 Å². The number of ether oxygens (including phenoxy) is 1. The lowest BCUT2D eigenvalue weighted by molar-refractivity contribution is 0.131. The average molecular weight is 307 g/mol. The summed E-state index contributed by atoms with van der Waals surface area (Å²) in [5.74, 6) is 1.39. The van der Waals surface area contributed by atoms with Gasteiger partial charge in [0.1, 0.15) is 5.82 Å². The van der Waals surface area contributed by atoms with E-state index in [0.29, 0.717) is 13.2 Å². The molecule has 122 valence electrons. The summed E-state index contributed by atoms with van der Waals surface area (Å²) >= 11 is 0. The highest BCUT2D eigenvalue weighted by atomic mass is 19.1. The predicted molar refractivity (Wildman–Crippen MR) is 87.6 cm³/mol. The molecule has 0 atom stereocenters. The molecule has 1 aromatic rings. The van der Waals surface area contributed by atoms with E-state index in [2.05, 4.69) is 15.6 Å². The number of halogens is 1. The molecule has 0 radical (unpaired) electrons. The normalized spacial score (nSPS) is 14.9. The smallest absolute Gasteiger partial charge is 0.191 e. The van der Waals surface area contributed by atoms with Gasteiger partial charge in [-0.25, -0.2) is 4.39 Å². The number of guanidine groups is 1. The lowest BCUT2D eigenvalue weighted by atomic mass is 10.1. The van der Waals surface area contributed by atoms with Gasteiger partial charge in [0.2, 0.25) is 0 Å². The summed E-state index contributed by atoms with van der Waals surface area (Å²) < 4.78 is 18.7. The van der Waals surface area contributed by atoms with Crippen LogP contribution in [0.3, 0.4) is 0 Å².